The highest BCUT2D eigenvalue weighted by atomic mass is 16.4. The van der Waals surface area contributed by atoms with Gasteiger partial charge >= 0.3 is 5.97 Å². The fraction of sp³-hybridized carbons (Fsp3) is 0.667. The van der Waals surface area contributed by atoms with Crippen molar-refractivity contribution in [2.75, 3.05) is 0 Å². The summed E-state index contributed by atoms with van der Waals surface area (Å²) in [5, 5.41) is 9.00. The Bertz CT molecular complexity index is 415. The third kappa shape index (κ3) is 1.84. The summed E-state index contributed by atoms with van der Waals surface area (Å²) in [4.78, 5) is 15.4. The van der Waals surface area contributed by atoms with Gasteiger partial charge in [-0.15, -0.1) is 0 Å². The predicted molar refractivity (Wildman–Crippen MR) is 60.4 cm³/mol. The smallest absolute Gasteiger partial charge is 0.308 e. The normalized spacial score (nSPS) is 20.6. The lowest BCUT2D eigenvalue weighted by Crippen LogP contribution is -2.27. The van der Waals surface area contributed by atoms with Crippen LogP contribution in [0.4, 0.5) is 0 Å². The summed E-state index contributed by atoms with van der Waals surface area (Å²) in [5.74, 6) is -0.953. The lowest BCUT2D eigenvalue weighted by atomic mass is 9.87. The zero-order chi connectivity index (χ0) is 11.9. The number of aromatic nitrogens is 2. The average molecular weight is 222 g/mol. The largest absolute Gasteiger partial charge is 0.481 e. The van der Waals surface area contributed by atoms with E-state index in [2.05, 4.69) is 25.8 Å². The molecule has 16 heavy (non-hydrogen) atoms. The highest BCUT2D eigenvalue weighted by Crippen LogP contribution is 2.29. The lowest BCUT2D eigenvalue weighted by molar-refractivity contribution is -0.142. The van der Waals surface area contributed by atoms with E-state index in [-0.39, 0.29) is 11.3 Å². The molecule has 1 aromatic rings. The quantitative estimate of drug-likeness (QED) is 0.788. The number of carbonyl (C=O) groups is 1. The van der Waals surface area contributed by atoms with Crippen LogP contribution in [-0.4, -0.2) is 20.6 Å². The van der Waals surface area contributed by atoms with E-state index in [0.29, 0.717) is 6.54 Å². The van der Waals surface area contributed by atoms with E-state index in [9.17, 15) is 4.79 Å². The second-order valence-electron chi connectivity index (χ2n) is 5.52. The van der Waals surface area contributed by atoms with E-state index in [1.54, 1.807) is 6.33 Å². The fourth-order valence-corrected chi connectivity index (χ4v) is 2.29. The van der Waals surface area contributed by atoms with Gasteiger partial charge in [-0.3, -0.25) is 4.79 Å². The van der Waals surface area contributed by atoms with E-state index in [0.717, 1.165) is 18.5 Å². The standard InChI is InChI=1S/C12H18N2O2/c1-12(2,3)10-9-5-4-8(11(15)16)6-14(9)7-13-10/h7-8H,4-6H2,1-3H3,(H,15,16). The van der Waals surface area contributed by atoms with Crippen molar-refractivity contribution in [3.05, 3.63) is 17.7 Å². The molecule has 1 N–H and O–H groups in total. The molecule has 1 aliphatic heterocycles. The van der Waals surface area contributed by atoms with Crippen molar-refractivity contribution in [1.29, 1.82) is 0 Å². The van der Waals surface area contributed by atoms with Gasteiger partial charge in [0.1, 0.15) is 0 Å². The molecular formula is C12H18N2O2. The monoisotopic (exact) mass is 222 g/mol. The first kappa shape index (κ1) is 11.2. The lowest BCUT2D eigenvalue weighted by Gasteiger charge is -2.24. The molecular weight excluding hydrogens is 204 g/mol. The van der Waals surface area contributed by atoms with Gasteiger partial charge in [0.25, 0.3) is 0 Å². The molecule has 0 aromatic carbocycles. The molecule has 0 aliphatic carbocycles. The molecule has 2 rings (SSSR count). The minimum Gasteiger partial charge on any atom is -0.481 e. The maximum Gasteiger partial charge on any atom is 0.308 e. The van der Waals surface area contributed by atoms with Crippen molar-refractivity contribution in [1.82, 2.24) is 9.55 Å². The molecule has 1 atom stereocenters. The van der Waals surface area contributed by atoms with Crippen molar-refractivity contribution in [2.45, 2.75) is 45.6 Å². The molecule has 0 fully saturated rings. The Morgan fingerprint density at radius 1 is 1.56 bits per heavy atom. The van der Waals surface area contributed by atoms with Crippen LogP contribution in [0.25, 0.3) is 0 Å². The summed E-state index contributed by atoms with van der Waals surface area (Å²) in [6.45, 7) is 6.98. The third-order valence-corrected chi connectivity index (χ3v) is 3.15. The van der Waals surface area contributed by atoms with Crippen LogP contribution in [0.1, 0.15) is 38.6 Å². The van der Waals surface area contributed by atoms with Crippen LogP contribution in [0.5, 0.6) is 0 Å². The summed E-state index contributed by atoms with van der Waals surface area (Å²) in [6.07, 6.45) is 3.33. The minimum absolute atomic E-state index is 0.0383. The topological polar surface area (TPSA) is 55.1 Å². The molecule has 88 valence electrons. The number of aliphatic carboxylic acids is 1. The third-order valence-electron chi connectivity index (χ3n) is 3.15. The van der Waals surface area contributed by atoms with Gasteiger partial charge in [-0.05, 0) is 12.8 Å². The Kier molecular flexibility index (Phi) is 2.52. The molecule has 1 aromatic heterocycles. The van der Waals surface area contributed by atoms with Gasteiger partial charge in [0.2, 0.25) is 0 Å². The summed E-state index contributed by atoms with van der Waals surface area (Å²) >= 11 is 0. The van der Waals surface area contributed by atoms with Gasteiger partial charge in [0, 0.05) is 17.7 Å². The van der Waals surface area contributed by atoms with Crippen LogP contribution >= 0.6 is 0 Å². The van der Waals surface area contributed by atoms with Gasteiger partial charge in [-0.2, -0.15) is 0 Å². The number of hydrogen-bond donors (Lipinski definition) is 1. The molecule has 0 saturated carbocycles. The number of fused-ring (bicyclic) bond motifs is 1. The number of hydrogen-bond acceptors (Lipinski definition) is 2. The van der Waals surface area contributed by atoms with E-state index >= 15 is 0 Å². The molecule has 1 unspecified atom stereocenters. The molecule has 1 aliphatic rings. The van der Waals surface area contributed by atoms with Gasteiger partial charge in [-0.25, -0.2) is 4.98 Å². The number of carboxylic acids is 1. The summed E-state index contributed by atoms with van der Waals surface area (Å²) < 4.78 is 2.00. The van der Waals surface area contributed by atoms with E-state index in [1.165, 1.54) is 5.69 Å². The molecule has 4 heteroatoms. The molecule has 0 radical (unpaired) electrons. The average Bonchev–Trinajstić information content (AvgIpc) is 2.58. The Morgan fingerprint density at radius 2 is 2.25 bits per heavy atom. The first-order valence-electron chi connectivity index (χ1n) is 5.67. The number of carboxylic acid groups (broad SMARTS) is 1. The van der Waals surface area contributed by atoms with Crippen molar-refractivity contribution in [3.8, 4) is 0 Å². The first-order chi connectivity index (χ1) is 7.39. The van der Waals surface area contributed by atoms with Crippen molar-refractivity contribution >= 4 is 5.97 Å². The van der Waals surface area contributed by atoms with Gasteiger partial charge in [0.05, 0.1) is 17.9 Å². The molecule has 2 heterocycles. The van der Waals surface area contributed by atoms with Crippen LogP contribution in [0.15, 0.2) is 6.33 Å². The Morgan fingerprint density at radius 3 is 2.81 bits per heavy atom. The predicted octanol–water partition coefficient (Wildman–Crippen LogP) is 1.83. The van der Waals surface area contributed by atoms with Gasteiger partial charge in [0.15, 0.2) is 0 Å². The van der Waals surface area contributed by atoms with Crippen molar-refractivity contribution in [2.24, 2.45) is 5.92 Å². The maximum atomic E-state index is 10.9. The van der Waals surface area contributed by atoms with E-state index in [1.807, 2.05) is 4.57 Å². The van der Waals surface area contributed by atoms with Crippen LogP contribution < -0.4 is 0 Å². The number of rotatable bonds is 1. The van der Waals surface area contributed by atoms with Crippen LogP contribution in [0.3, 0.4) is 0 Å². The number of imidazole rings is 1. The van der Waals surface area contributed by atoms with Crippen molar-refractivity contribution in [3.63, 3.8) is 0 Å². The Labute approximate surface area is 95.3 Å². The van der Waals surface area contributed by atoms with Crippen LogP contribution in [0.2, 0.25) is 0 Å². The molecule has 0 bridgehead atoms. The highest BCUT2D eigenvalue weighted by molar-refractivity contribution is 5.70. The van der Waals surface area contributed by atoms with Crippen LogP contribution in [-0.2, 0) is 23.2 Å². The molecule has 0 amide bonds. The highest BCUT2D eigenvalue weighted by Gasteiger charge is 2.29. The Hall–Kier alpha value is -1.32. The SMILES string of the molecule is CC(C)(C)c1ncn2c1CCC(C(=O)O)C2. The fourth-order valence-electron chi connectivity index (χ4n) is 2.29. The maximum absolute atomic E-state index is 10.9. The molecule has 4 nitrogen and oxygen atoms in total. The Balaban J connectivity index is 2.31. The zero-order valence-electron chi connectivity index (χ0n) is 10.0. The molecule has 0 saturated heterocycles. The minimum atomic E-state index is -0.698. The summed E-state index contributed by atoms with van der Waals surface area (Å²) in [6, 6.07) is 0. The second-order valence-corrected chi connectivity index (χ2v) is 5.52. The first-order valence-corrected chi connectivity index (χ1v) is 5.67. The van der Waals surface area contributed by atoms with Crippen LogP contribution in [0, 0.1) is 5.92 Å². The second kappa shape index (κ2) is 3.61. The van der Waals surface area contributed by atoms with E-state index < -0.39 is 5.97 Å². The van der Waals surface area contributed by atoms with E-state index in [4.69, 9.17) is 5.11 Å². The van der Waals surface area contributed by atoms with Gasteiger partial charge < -0.3 is 9.67 Å². The van der Waals surface area contributed by atoms with Gasteiger partial charge in [-0.1, -0.05) is 20.8 Å². The summed E-state index contributed by atoms with van der Waals surface area (Å²) in [7, 11) is 0. The summed E-state index contributed by atoms with van der Waals surface area (Å²) in [5.41, 5.74) is 2.36. The number of nitrogens with zero attached hydrogens (tertiary/aromatic N) is 2. The zero-order valence-corrected chi connectivity index (χ0v) is 10.0. The van der Waals surface area contributed by atoms with Crippen molar-refractivity contribution < 1.29 is 9.90 Å². The molecule has 0 spiro atoms.